The van der Waals surface area contributed by atoms with Gasteiger partial charge in [0.15, 0.2) is 0 Å². The number of hydrogen-bond donors (Lipinski definition) is 2. The maximum atomic E-state index is 9.31. The summed E-state index contributed by atoms with van der Waals surface area (Å²) in [7, 11) is 1.94. The molecule has 0 aliphatic carbocycles. The molecule has 90 valence electrons. The molecule has 0 atom stereocenters. The van der Waals surface area contributed by atoms with Crippen LogP contribution < -0.4 is 10.2 Å². The molecule has 4 heteroatoms. The van der Waals surface area contributed by atoms with E-state index in [0.717, 1.165) is 18.2 Å². The number of nitrogens with zero attached hydrogens (tertiary/aromatic N) is 2. The van der Waals surface area contributed by atoms with Gasteiger partial charge < -0.3 is 15.3 Å². The molecule has 0 radical (unpaired) electrons. The van der Waals surface area contributed by atoms with Crippen LogP contribution in [0.3, 0.4) is 0 Å². The average molecular weight is 223 g/mol. The third-order valence-corrected chi connectivity index (χ3v) is 2.73. The van der Waals surface area contributed by atoms with Crippen LogP contribution in [0.25, 0.3) is 0 Å². The van der Waals surface area contributed by atoms with Crippen LogP contribution in [-0.2, 0) is 0 Å². The van der Waals surface area contributed by atoms with Crippen LogP contribution >= 0.6 is 0 Å². The zero-order valence-electron chi connectivity index (χ0n) is 10.5. The number of nitrogens with one attached hydrogen (secondary N) is 1. The van der Waals surface area contributed by atoms with Gasteiger partial charge in [0.2, 0.25) is 0 Å². The van der Waals surface area contributed by atoms with E-state index in [0.29, 0.717) is 0 Å². The summed E-state index contributed by atoms with van der Waals surface area (Å²) >= 11 is 0. The van der Waals surface area contributed by atoms with E-state index in [1.54, 1.807) is 0 Å². The van der Waals surface area contributed by atoms with E-state index in [1.807, 2.05) is 50.9 Å². The minimum absolute atomic E-state index is 0.0939. The number of aliphatic hydroxyl groups is 1. The Morgan fingerprint density at radius 3 is 2.69 bits per heavy atom. The molecule has 0 bridgehead atoms. The molecule has 0 spiro atoms. The van der Waals surface area contributed by atoms with Crippen molar-refractivity contribution in [1.82, 2.24) is 4.98 Å². The zero-order chi connectivity index (χ0) is 12.2. The molecular weight excluding hydrogens is 202 g/mol. The molecule has 16 heavy (non-hydrogen) atoms. The fraction of sp³-hybridized carbons (Fsp3) is 0.583. The van der Waals surface area contributed by atoms with Crippen molar-refractivity contribution < 1.29 is 5.11 Å². The highest BCUT2D eigenvalue weighted by molar-refractivity contribution is 5.48. The molecule has 0 fully saturated rings. The third kappa shape index (κ3) is 2.85. The third-order valence-electron chi connectivity index (χ3n) is 2.73. The summed E-state index contributed by atoms with van der Waals surface area (Å²) in [6, 6.07) is 5.84. The minimum atomic E-state index is -0.308. The van der Waals surface area contributed by atoms with Gasteiger partial charge in [-0.05, 0) is 32.9 Å². The Balaban J connectivity index is 2.91. The summed E-state index contributed by atoms with van der Waals surface area (Å²) in [6.07, 6.45) is 0. The maximum absolute atomic E-state index is 9.31. The van der Waals surface area contributed by atoms with Gasteiger partial charge in [-0.3, -0.25) is 0 Å². The van der Waals surface area contributed by atoms with Gasteiger partial charge in [-0.15, -0.1) is 0 Å². The molecule has 0 saturated heterocycles. The summed E-state index contributed by atoms with van der Waals surface area (Å²) in [5.41, 5.74) is -0.308. The molecule has 0 aliphatic rings. The highest BCUT2D eigenvalue weighted by atomic mass is 16.3. The van der Waals surface area contributed by atoms with E-state index in [9.17, 15) is 5.11 Å². The predicted molar refractivity (Wildman–Crippen MR) is 68.0 cm³/mol. The van der Waals surface area contributed by atoms with Gasteiger partial charge in [0.05, 0.1) is 12.1 Å². The highest BCUT2D eigenvalue weighted by Gasteiger charge is 2.23. The van der Waals surface area contributed by atoms with E-state index in [2.05, 4.69) is 10.3 Å². The molecule has 1 rings (SSSR count). The largest absolute Gasteiger partial charge is 0.394 e. The van der Waals surface area contributed by atoms with Gasteiger partial charge in [0.25, 0.3) is 0 Å². The van der Waals surface area contributed by atoms with E-state index >= 15 is 0 Å². The van der Waals surface area contributed by atoms with Crippen LogP contribution in [0.15, 0.2) is 18.2 Å². The Morgan fingerprint density at radius 2 is 2.12 bits per heavy atom. The van der Waals surface area contributed by atoms with Crippen molar-refractivity contribution >= 4 is 11.6 Å². The summed E-state index contributed by atoms with van der Waals surface area (Å²) in [4.78, 5) is 6.46. The van der Waals surface area contributed by atoms with Crippen molar-refractivity contribution in [3.63, 3.8) is 0 Å². The lowest BCUT2D eigenvalue weighted by molar-refractivity contribution is 0.215. The number of hydrogen-bond acceptors (Lipinski definition) is 4. The lowest BCUT2D eigenvalue weighted by Gasteiger charge is -2.35. The number of aliphatic hydroxyl groups excluding tert-OH is 1. The van der Waals surface area contributed by atoms with Gasteiger partial charge in [-0.2, -0.15) is 0 Å². The molecule has 1 aromatic heterocycles. The minimum Gasteiger partial charge on any atom is -0.394 e. The Labute approximate surface area is 97.3 Å². The molecule has 0 unspecified atom stereocenters. The first-order chi connectivity index (χ1) is 7.51. The van der Waals surface area contributed by atoms with Crippen molar-refractivity contribution in [3.8, 4) is 0 Å². The monoisotopic (exact) mass is 223 g/mol. The summed E-state index contributed by atoms with van der Waals surface area (Å²) in [5, 5.41) is 12.5. The molecule has 1 heterocycles. The SMILES string of the molecule is CCNc1cccc(N(C)C(C)(C)CO)n1. The average Bonchev–Trinajstić information content (AvgIpc) is 2.29. The molecular formula is C12H21N3O. The molecule has 0 aliphatic heterocycles. The number of pyridine rings is 1. The van der Waals surface area contributed by atoms with Crippen LogP contribution in [0.2, 0.25) is 0 Å². The normalized spacial score (nSPS) is 11.3. The summed E-state index contributed by atoms with van der Waals surface area (Å²) < 4.78 is 0. The molecule has 0 amide bonds. The Kier molecular flexibility index (Phi) is 4.12. The smallest absolute Gasteiger partial charge is 0.131 e. The number of anilines is 2. The molecule has 0 aromatic carbocycles. The fourth-order valence-corrected chi connectivity index (χ4v) is 1.31. The van der Waals surface area contributed by atoms with E-state index < -0.39 is 0 Å². The van der Waals surface area contributed by atoms with Crippen molar-refractivity contribution in [1.29, 1.82) is 0 Å². The van der Waals surface area contributed by atoms with Crippen LogP contribution in [0, 0.1) is 0 Å². The van der Waals surface area contributed by atoms with Crippen molar-refractivity contribution in [2.24, 2.45) is 0 Å². The van der Waals surface area contributed by atoms with Crippen LogP contribution in [-0.4, -0.2) is 35.8 Å². The summed E-state index contributed by atoms with van der Waals surface area (Å²) in [6.45, 7) is 6.94. The van der Waals surface area contributed by atoms with Gasteiger partial charge >= 0.3 is 0 Å². The van der Waals surface area contributed by atoms with Crippen molar-refractivity contribution in [2.75, 3.05) is 30.4 Å². The number of likely N-dealkylation sites (N-methyl/N-ethyl adjacent to an activating group) is 1. The molecule has 1 aromatic rings. The Morgan fingerprint density at radius 1 is 1.44 bits per heavy atom. The number of rotatable bonds is 5. The van der Waals surface area contributed by atoms with Gasteiger partial charge in [-0.1, -0.05) is 6.07 Å². The second-order valence-corrected chi connectivity index (χ2v) is 4.44. The fourth-order valence-electron chi connectivity index (χ4n) is 1.31. The van der Waals surface area contributed by atoms with Gasteiger partial charge in [0, 0.05) is 13.6 Å². The van der Waals surface area contributed by atoms with Crippen LogP contribution in [0.4, 0.5) is 11.6 Å². The summed E-state index contributed by atoms with van der Waals surface area (Å²) in [5.74, 6) is 1.72. The number of aromatic nitrogens is 1. The molecule has 0 saturated carbocycles. The highest BCUT2D eigenvalue weighted by Crippen LogP contribution is 2.21. The quantitative estimate of drug-likeness (QED) is 0.798. The molecule has 4 nitrogen and oxygen atoms in total. The molecule has 2 N–H and O–H groups in total. The van der Waals surface area contributed by atoms with Gasteiger partial charge in [0.1, 0.15) is 11.6 Å². The van der Waals surface area contributed by atoms with E-state index in [1.165, 1.54) is 0 Å². The standard InChI is InChI=1S/C12H21N3O/c1-5-13-10-7-6-8-11(14-10)15(4)12(2,3)9-16/h6-8,16H,5,9H2,1-4H3,(H,13,14). The van der Waals surface area contributed by atoms with E-state index in [4.69, 9.17) is 0 Å². The van der Waals surface area contributed by atoms with Gasteiger partial charge in [-0.25, -0.2) is 4.98 Å². The predicted octanol–water partition coefficient (Wildman–Crippen LogP) is 1.72. The first-order valence-electron chi connectivity index (χ1n) is 5.57. The maximum Gasteiger partial charge on any atom is 0.131 e. The second kappa shape index (κ2) is 5.16. The van der Waals surface area contributed by atoms with Crippen molar-refractivity contribution in [3.05, 3.63) is 18.2 Å². The second-order valence-electron chi connectivity index (χ2n) is 4.44. The first kappa shape index (κ1) is 12.8. The zero-order valence-corrected chi connectivity index (χ0v) is 10.5. The van der Waals surface area contributed by atoms with Crippen LogP contribution in [0.1, 0.15) is 20.8 Å². The topological polar surface area (TPSA) is 48.4 Å². The first-order valence-corrected chi connectivity index (χ1v) is 5.57. The lowest BCUT2D eigenvalue weighted by Crippen LogP contribution is -2.44. The van der Waals surface area contributed by atoms with Crippen molar-refractivity contribution in [2.45, 2.75) is 26.3 Å². The van der Waals surface area contributed by atoms with Crippen LogP contribution in [0.5, 0.6) is 0 Å². The Bertz CT molecular complexity index is 339. The van der Waals surface area contributed by atoms with E-state index in [-0.39, 0.29) is 12.1 Å². The Hall–Kier alpha value is -1.29. The lowest BCUT2D eigenvalue weighted by atomic mass is 10.1.